The van der Waals surface area contributed by atoms with Crippen molar-refractivity contribution in [1.29, 1.82) is 0 Å². The Balaban J connectivity index is 2.83. The molecule has 0 saturated heterocycles. The van der Waals surface area contributed by atoms with Crippen LogP contribution < -0.4 is 0 Å². The van der Waals surface area contributed by atoms with Crippen LogP contribution in [0.3, 0.4) is 0 Å². The van der Waals surface area contributed by atoms with Gasteiger partial charge in [-0.15, -0.1) is 0 Å². The van der Waals surface area contributed by atoms with E-state index in [1.807, 2.05) is 0 Å². The highest BCUT2D eigenvalue weighted by atomic mass is 16.3. The molecule has 2 aromatic rings. The fraction of sp³-hybridized carbons (Fsp3) is 0.286. The Kier molecular flexibility index (Phi) is 1.27. The molecule has 62 valence electrons. The van der Waals surface area contributed by atoms with Crippen molar-refractivity contribution < 1.29 is 9.21 Å². The van der Waals surface area contributed by atoms with Crippen LogP contribution in [0.5, 0.6) is 0 Å². The lowest BCUT2D eigenvalue weighted by atomic mass is 10.3. The Morgan fingerprint density at radius 1 is 1.67 bits per heavy atom. The van der Waals surface area contributed by atoms with Gasteiger partial charge in [0.25, 0.3) is 0 Å². The SMILES string of the molecule is CC(=O)c1nn(C)c2ncoc12. The van der Waals surface area contributed by atoms with E-state index in [1.54, 1.807) is 7.05 Å². The summed E-state index contributed by atoms with van der Waals surface area (Å²) in [4.78, 5) is 14.9. The summed E-state index contributed by atoms with van der Waals surface area (Å²) >= 11 is 0. The van der Waals surface area contributed by atoms with Gasteiger partial charge in [0.15, 0.2) is 23.5 Å². The molecule has 0 aliphatic heterocycles. The zero-order valence-corrected chi connectivity index (χ0v) is 6.74. The summed E-state index contributed by atoms with van der Waals surface area (Å²) in [6.07, 6.45) is 1.30. The Morgan fingerprint density at radius 2 is 2.42 bits per heavy atom. The Labute approximate surface area is 68.0 Å². The predicted molar refractivity (Wildman–Crippen MR) is 40.8 cm³/mol. The third kappa shape index (κ3) is 0.761. The molecule has 0 fully saturated rings. The largest absolute Gasteiger partial charge is 0.439 e. The van der Waals surface area contributed by atoms with Crippen molar-refractivity contribution in [3.05, 3.63) is 12.1 Å². The van der Waals surface area contributed by atoms with Gasteiger partial charge in [-0.3, -0.25) is 4.79 Å². The van der Waals surface area contributed by atoms with Gasteiger partial charge in [0.05, 0.1) is 0 Å². The topological polar surface area (TPSA) is 60.9 Å². The van der Waals surface area contributed by atoms with E-state index in [1.165, 1.54) is 18.0 Å². The third-order valence-corrected chi connectivity index (χ3v) is 1.65. The number of rotatable bonds is 1. The maximum absolute atomic E-state index is 11.0. The normalized spacial score (nSPS) is 10.8. The van der Waals surface area contributed by atoms with E-state index in [9.17, 15) is 4.79 Å². The van der Waals surface area contributed by atoms with E-state index in [-0.39, 0.29) is 5.78 Å². The van der Waals surface area contributed by atoms with E-state index in [4.69, 9.17) is 4.42 Å². The molecule has 0 saturated carbocycles. The van der Waals surface area contributed by atoms with Crippen LogP contribution in [0.4, 0.5) is 0 Å². The van der Waals surface area contributed by atoms with E-state index < -0.39 is 0 Å². The van der Waals surface area contributed by atoms with Crippen LogP contribution in [-0.2, 0) is 7.05 Å². The van der Waals surface area contributed by atoms with Crippen LogP contribution >= 0.6 is 0 Å². The van der Waals surface area contributed by atoms with Gasteiger partial charge < -0.3 is 4.42 Å². The molecular formula is C7H7N3O2. The number of aryl methyl sites for hydroxylation is 1. The quantitative estimate of drug-likeness (QED) is 0.585. The van der Waals surface area contributed by atoms with E-state index in [2.05, 4.69) is 10.1 Å². The molecule has 2 aromatic heterocycles. The number of hydrogen-bond donors (Lipinski definition) is 0. The van der Waals surface area contributed by atoms with Gasteiger partial charge in [-0.25, -0.2) is 4.68 Å². The summed E-state index contributed by atoms with van der Waals surface area (Å²) in [5.74, 6) is -0.114. The monoisotopic (exact) mass is 165 g/mol. The van der Waals surface area contributed by atoms with Crippen molar-refractivity contribution in [3.63, 3.8) is 0 Å². The maximum atomic E-state index is 11.0. The molecule has 5 heteroatoms. The fourth-order valence-electron chi connectivity index (χ4n) is 1.11. The standard InChI is InChI=1S/C7H7N3O2/c1-4(11)5-6-7(8-3-12-6)10(2)9-5/h3H,1-2H3. The van der Waals surface area contributed by atoms with Gasteiger partial charge in [-0.05, 0) is 0 Å². The lowest BCUT2D eigenvalue weighted by Gasteiger charge is -1.85. The zero-order valence-electron chi connectivity index (χ0n) is 6.74. The predicted octanol–water partition coefficient (Wildman–Crippen LogP) is 0.764. The minimum absolute atomic E-state index is 0.114. The summed E-state index contributed by atoms with van der Waals surface area (Å²) in [7, 11) is 1.72. The van der Waals surface area contributed by atoms with Crippen LogP contribution in [-0.4, -0.2) is 20.5 Å². The van der Waals surface area contributed by atoms with Gasteiger partial charge >= 0.3 is 0 Å². The Bertz CT molecular complexity index is 440. The zero-order chi connectivity index (χ0) is 8.72. The highest BCUT2D eigenvalue weighted by molar-refractivity contribution is 6.01. The molecule has 2 heterocycles. The number of hydrogen-bond acceptors (Lipinski definition) is 4. The van der Waals surface area contributed by atoms with Crippen LogP contribution in [0, 0.1) is 0 Å². The molecule has 0 aromatic carbocycles. The molecule has 0 aliphatic rings. The van der Waals surface area contributed by atoms with Crippen molar-refractivity contribution in [2.75, 3.05) is 0 Å². The average Bonchev–Trinajstić information content (AvgIpc) is 2.53. The average molecular weight is 165 g/mol. The lowest BCUT2D eigenvalue weighted by molar-refractivity contribution is 0.101. The van der Waals surface area contributed by atoms with Crippen molar-refractivity contribution in [1.82, 2.24) is 14.8 Å². The number of fused-ring (bicyclic) bond motifs is 1. The minimum atomic E-state index is -0.114. The fourth-order valence-corrected chi connectivity index (χ4v) is 1.11. The van der Waals surface area contributed by atoms with Crippen LogP contribution in [0.1, 0.15) is 17.4 Å². The van der Waals surface area contributed by atoms with Gasteiger partial charge in [0, 0.05) is 14.0 Å². The Morgan fingerprint density at radius 3 is 3.08 bits per heavy atom. The maximum Gasteiger partial charge on any atom is 0.204 e. The molecule has 0 spiro atoms. The third-order valence-electron chi connectivity index (χ3n) is 1.65. The molecule has 5 nitrogen and oxygen atoms in total. The molecule has 0 atom stereocenters. The molecule has 0 radical (unpaired) electrons. The van der Waals surface area contributed by atoms with Crippen molar-refractivity contribution in [2.45, 2.75) is 6.92 Å². The van der Waals surface area contributed by atoms with E-state index in [0.717, 1.165) is 0 Å². The summed E-state index contributed by atoms with van der Waals surface area (Å²) in [5.41, 5.74) is 1.40. The number of nitrogens with zero attached hydrogens (tertiary/aromatic N) is 3. The molecule has 0 amide bonds. The molecule has 0 unspecified atom stereocenters. The van der Waals surface area contributed by atoms with Gasteiger partial charge in [0.1, 0.15) is 0 Å². The summed E-state index contributed by atoms with van der Waals surface area (Å²) in [6, 6.07) is 0. The molecule has 0 aliphatic carbocycles. The summed E-state index contributed by atoms with van der Waals surface area (Å²) in [6.45, 7) is 1.45. The second-order valence-corrected chi connectivity index (χ2v) is 2.53. The Hall–Kier alpha value is -1.65. The van der Waals surface area contributed by atoms with Gasteiger partial charge in [-0.2, -0.15) is 10.1 Å². The first-order chi connectivity index (χ1) is 5.70. The van der Waals surface area contributed by atoms with Crippen molar-refractivity contribution >= 4 is 17.0 Å². The van der Waals surface area contributed by atoms with E-state index in [0.29, 0.717) is 16.9 Å². The second-order valence-electron chi connectivity index (χ2n) is 2.53. The number of oxazole rings is 1. The molecule has 12 heavy (non-hydrogen) atoms. The lowest BCUT2D eigenvalue weighted by Crippen LogP contribution is -1.96. The number of carbonyl (C=O) groups is 1. The highest BCUT2D eigenvalue weighted by Crippen LogP contribution is 2.15. The first-order valence-electron chi connectivity index (χ1n) is 3.47. The summed E-state index contributed by atoms with van der Waals surface area (Å²) < 4.78 is 6.54. The number of Topliss-reactive ketones (excluding diaryl/α,β-unsaturated/α-hetero) is 1. The minimum Gasteiger partial charge on any atom is -0.439 e. The van der Waals surface area contributed by atoms with Crippen LogP contribution in [0.2, 0.25) is 0 Å². The van der Waals surface area contributed by atoms with Crippen molar-refractivity contribution in [3.8, 4) is 0 Å². The highest BCUT2D eigenvalue weighted by Gasteiger charge is 2.15. The van der Waals surface area contributed by atoms with E-state index >= 15 is 0 Å². The number of ketones is 1. The van der Waals surface area contributed by atoms with Crippen molar-refractivity contribution in [2.24, 2.45) is 7.05 Å². The second kappa shape index (κ2) is 2.17. The summed E-state index contributed by atoms with van der Waals surface area (Å²) in [5, 5.41) is 3.96. The number of carbonyl (C=O) groups excluding carboxylic acids is 1. The van der Waals surface area contributed by atoms with Gasteiger partial charge in [0.2, 0.25) is 5.58 Å². The molecule has 2 rings (SSSR count). The number of aromatic nitrogens is 3. The van der Waals surface area contributed by atoms with Crippen LogP contribution in [0.15, 0.2) is 10.8 Å². The van der Waals surface area contributed by atoms with Crippen LogP contribution in [0.25, 0.3) is 11.2 Å². The first kappa shape index (κ1) is 7.02. The molecule has 0 N–H and O–H groups in total. The van der Waals surface area contributed by atoms with Gasteiger partial charge in [-0.1, -0.05) is 0 Å². The first-order valence-corrected chi connectivity index (χ1v) is 3.47. The molecule has 0 bridgehead atoms. The smallest absolute Gasteiger partial charge is 0.204 e. The molecular weight excluding hydrogens is 158 g/mol.